The topological polar surface area (TPSA) is 86.7 Å². The molecule has 0 N–H and O–H groups in total. The molecule has 1 fully saturated rings. The number of carbonyl (C=O) groups is 2. The molecule has 4 rings (SSSR count). The molecule has 1 spiro atoms. The number of hydrogen-bond donors (Lipinski definition) is 0. The molecule has 150 valence electrons. The summed E-state index contributed by atoms with van der Waals surface area (Å²) >= 11 is 0. The van der Waals surface area contributed by atoms with Gasteiger partial charge in [0.05, 0.1) is 39.1 Å². The summed E-state index contributed by atoms with van der Waals surface area (Å²) in [5, 5.41) is 4.11. The Labute approximate surface area is 167 Å². The standard InChI is InChI=1S/C21H20N2O6/c1-26-15-7-5-14(6-8-15)23-19(24)12-21(20(23)25)11-16(22-29-21)13-4-9-17(27-2)18(10-13)28-3/h4-10H,11-12H2,1-3H3. The van der Waals surface area contributed by atoms with Crippen molar-refractivity contribution >= 4 is 23.2 Å². The van der Waals surface area contributed by atoms with Crippen molar-refractivity contribution in [1.29, 1.82) is 0 Å². The van der Waals surface area contributed by atoms with Crippen molar-refractivity contribution in [3.8, 4) is 17.2 Å². The van der Waals surface area contributed by atoms with E-state index in [0.29, 0.717) is 28.6 Å². The first-order chi connectivity index (χ1) is 14.0. The van der Waals surface area contributed by atoms with Crippen molar-refractivity contribution in [3.05, 3.63) is 48.0 Å². The van der Waals surface area contributed by atoms with E-state index in [1.807, 2.05) is 6.07 Å². The van der Waals surface area contributed by atoms with E-state index < -0.39 is 11.5 Å². The second-order valence-corrected chi connectivity index (χ2v) is 6.78. The van der Waals surface area contributed by atoms with Crippen LogP contribution in [0.15, 0.2) is 47.6 Å². The summed E-state index contributed by atoms with van der Waals surface area (Å²) in [7, 11) is 4.65. The van der Waals surface area contributed by atoms with Crippen molar-refractivity contribution in [2.75, 3.05) is 26.2 Å². The monoisotopic (exact) mass is 396 g/mol. The van der Waals surface area contributed by atoms with Crippen molar-refractivity contribution < 1.29 is 28.6 Å². The highest BCUT2D eigenvalue weighted by molar-refractivity contribution is 6.25. The quantitative estimate of drug-likeness (QED) is 0.722. The molecule has 0 aromatic heterocycles. The van der Waals surface area contributed by atoms with Gasteiger partial charge in [-0.25, -0.2) is 4.90 Å². The van der Waals surface area contributed by atoms with Gasteiger partial charge in [0.1, 0.15) is 5.75 Å². The normalized spacial score (nSPS) is 20.7. The highest BCUT2D eigenvalue weighted by Crippen LogP contribution is 2.40. The third-order valence-corrected chi connectivity index (χ3v) is 5.11. The molecule has 2 aromatic carbocycles. The SMILES string of the molecule is COc1ccc(N2C(=O)CC3(CC(c4ccc(OC)c(OC)c4)=NO3)C2=O)cc1. The van der Waals surface area contributed by atoms with Gasteiger partial charge >= 0.3 is 0 Å². The Kier molecular flexibility index (Phi) is 4.62. The minimum absolute atomic E-state index is 0.0713. The first-order valence-corrected chi connectivity index (χ1v) is 9.00. The molecular weight excluding hydrogens is 376 g/mol. The predicted octanol–water partition coefficient (Wildman–Crippen LogP) is 2.54. The number of amides is 2. The van der Waals surface area contributed by atoms with Crippen molar-refractivity contribution in [2.45, 2.75) is 18.4 Å². The summed E-state index contributed by atoms with van der Waals surface area (Å²) in [6.07, 6.45) is 0.123. The zero-order valence-corrected chi connectivity index (χ0v) is 16.3. The van der Waals surface area contributed by atoms with Crippen LogP contribution >= 0.6 is 0 Å². The highest BCUT2D eigenvalue weighted by atomic mass is 16.7. The molecule has 0 saturated carbocycles. The van der Waals surface area contributed by atoms with Crippen LogP contribution in [-0.4, -0.2) is 44.5 Å². The van der Waals surface area contributed by atoms with Crippen LogP contribution in [0.2, 0.25) is 0 Å². The minimum Gasteiger partial charge on any atom is -0.497 e. The molecule has 2 aliphatic heterocycles. The van der Waals surface area contributed by atoms with Gasteiger partial charge in [-0.15, -0.1) is 0 Å². The summed E-state index contributed by atoms with van der Waals surface area (Å²) in [4.78, 5) is 32.5. The Morgan fingerprint density at radius 2 is 1.66 bits per heavy atom. The summed E-state index contributed by atoms with van der Waals surface area (Å²) in [5.41, 5.74) is 0.465. The van der Waals surface area contributed by atoms with Crippen LogP contribution in [0.4, 0.5) is 5.69 Å². The van der Waals surface area contributed by atoms with Crippen LogP contribution < -0.4 is 19.1 Å². The number of hydrogen-bond acceptors (Lipinski definition) is 7. The minimum atomic E-state index is -1.32. The fraction of sp³-hybridized carbons (Fsp3) is 0.286. The van der Waals surface area contributed by atoms with Crippen LogP contribution in [0.1, 0.15) is 18.4 Å². The number of methoxy groups -OCH3 is 3. The zero-order valence-electron chi connectivity index (χ0n) is 16.3. The molecule has 8 heteroatoms. The van der Waals surface area contributed by atoms with E-state index >= 15 is 0 Å². The van der Waals surface area contributed by atoms with Crippen LogP contribution in [0.5, 0.6) is 17.2 Å². The van der Waals surface area contributed by atoms with E-state index in [-0.39, 0.29) is 18.7 Å². The zero-order chi connectivity index (χ0) is 20.6. The number of anilines is 1. The maximum atomic E-state index is 13.1. The third-order valence-electron chi connectivity index (χ3n) is 5.11. The van der Waals surface area contributed by atoms with Gasteiger partial charge in [-0.2, -0.15) is 0 Å². The van der Waals surface area contributed by atoms with Gasteiger partial charge in [-0.1, -0.05) is 5.16 Å². The molecule has 1 unspecified atom stereocenters. The second kappa shape index (κ2) is 7.12. The lowest BCUT2D eigenvalue weighted by Crippen LogP contribution is -2.40. The highest BCUT2D eigenvalue weighted by Gasteiger charge is 2.58. The fourth-order valence-electron chi connectivity index (χ4n) is 3.57. The van der Waals surface area contributed by atoms with E-state index in [2.05, 4.69) is 5.16 Å². The lowest BCUT2D eigenvalue weighted by atomic mass is 9.92. The number of nitrogens with zero attached hydrogens (tertiary/aromatic N) is 2. The first-order valence-electron chi connectivity index (χ1n) is 9.00. The molecule has 2 aromatic rings. The number of ether oxygens (including phenoxy) is 3. The Morgan fingerprint density at radius 1 is 0.931 bits per heavy atom. The average Bonchev–Trinajstić information content (AvgIpc) is 3.28. The van der Waals surface area contributed by atoms with E-state index in [1.165, 1.54) is 0 Å². The van der Waals surface area contributed by atoms with E-state index in [0.717, 1.165) is 10.5 Å². The molecule has 0 aliphatic carbocycles. The largest absolute Gasteiger partial charge is 0.497 e. The molecule has 1 saturated heterocycles. The van der Waals surface area contributed by atoms with E-state index in [1.54, 1.807) is 57.7 Å². The predicted molar refractivity (Wildman–Crippen MR) is 105 cm³/mol. The Morgan fingerprint density at radius 3 is 2.31 bits per heavy atom. The third kappa shape index (κ3) is 3.06. The van der Waals surface area contributed by atoms with Gasteiger partial charge in [0.25, 0.3) is 5.91 Å². The lowest BCUT2D eigenvalue weighted by Gasteiger charge is -2.19. The number of carbonyl (C=O) groups excluding carboxylic acids is 2. The number of oxime groups is 1. The van der Waals surface area contributed by atoms with Gasteiger partial charge in [-0.3, -0.25) is 9.59 Å². The maximum Gasteiger partial charge on any atom is 0.281 e. The Bertz CT molecular complexity index is 1000. The maximum absolute atomic E-state index is 13.1. The fourth-order valence-corrected chi connectivity index (χ4v) is 3.57. The van der Waals surface area contributed by atoms with Gasteiger partial charge in [0.2, 0.25) is 11.5 Å². The van der Waals surface area contributed by atoms with Gasteiger partial charge < -0.3 is 19.0 Å². The second-order valence-electron chi connectivity index (χ2n) is 6.78. The van der Waals surface area contributed by atoms with Crippen LogP contribution in [0.3, 0.4) is 0 Å². The number of benzene rings is 2. The van der Waals surface area contributed by atoms with Crippen LogP contribution in [0.25, 0.3) is 0 Å². The molecular formula is C21H20N2O6. The number of imide groups is 1. The van der Waals surface area contributed by atoms with E-state index in [9.17, 15) is 9.59 Å². The van der Waals surface area contributed by atoms with Gasteiger partial charge in [0, 0.05) is 12.0 Å². The summed E-state index contributed by atoms with van der Waals surface area (Å²) in [5.74, 6) is 1.01. The van der Waals surface area contributed by atoms with Crippen molar-refractivity contribution in [2.24, 2.45) is 5.16 Å². The van der Waals surface area contributed by atoms with Crippen molar-refractivity contribution in [1.82, 2.24) is 0 Å². The van der Waals surface area contributed by atoms with Crippen LogP contribution in [-0.2, 0) is 14.4 Å². The average molecular weight is 396 g/mol. The van der Waals surface area contributed by atoms with Gasteiger partial charge in [0.15, 0.2) is 11.5 Å². The summed E-state index contributed by atoms with van der Waals surface area (Å²) in [6.45, 7) is 0. The molecule has 0 radical (unpaired) electrons. The Balaban J connectivity index is 1.58. The van der Waals surface area contributed by atoms with Gasteiger partial charge in [-0.05, 0) is 42.5 Å². The molecule has 8 nitrogen and oxygen atoms in total. The summed E-state index contributed by atoms with van der Waals surface area (Å²) in [6, 6.07) is 12.1. The lowest BCUT2D eigenvalue weighted by molar-refractivity contribution is -0.136. The first kappa shape index (κ1) is 18.8. The molecule has 1 atom stereocenters. The Hall–Kier alpha value is -3.55. The number of rotatable bonds is 5. The molecule has 29 heavy (non-hydrogen) atoms. The molecule has 0 bridgehead atoms. The molecule has 2 aliphatic rings. The summed E-state index contributed by atoms with van der Waals surface area (Å²) < 4.78 is 15.7. The van der Waals surface area contributed by atoms with Crippen molar-refractivity contribution in [3.63, 3.8) is 0 Å². The smallest absolute Gasteiger partial charge is 0.281 e. The molecule has 2 heterocycles. The molecule has 2 amide bonds. The van der Waals surface area contributed by atoms with E-state index in [4.69, 9.17) is 19.0 Å². The van der Waals surface area contributed by atoms with Crippen LogP contribution in [0, 0.1) is 0 Å².